The van der Waals surface area contributed by atoms with Gasteiger partial charge in [0.05, 0.1) is 12.7 Å². The van der Waals surface area contributed by atoms with E-state index in [4.69, 9.17) is 9.47 Å². The molecule has 0 N–H and O–H groups in total. The molecular formula is C23H30N2O6S. The lowest BCUT2D eigenvalue weighted by molar-refractivity contribution is -0.139. The number of benzene rings is 2. The number of methoxy groups -OCH3 is 1. The zero-order valence-corrected chi connectivity index (χ0v) is 19.9. The third-order valence-electron chi connectivity index (χ3n) is 4.99. The highest BCUT2D eigenvalue weighted by Gasteiger charge is 2.28. The maximum atomic E-state index is 13.0. The molecule has 1 unspecified atom stereocenters. The van der Waals surface area contributed by atoms with Crippen LogP contribution in [0, 0.1) is 0 Å². The first-order chi connectivity index (χ1) is 15.1. The molecule has 2 rings (SSSR count). The molecule has 2 aromatic carbocycles. The Morgan fingerprint density at radius 1 is 1.03 bits per heavy atom. The number of rotatable bonds is 10. The number of amides is 1. The summed E-state index contributed by atoms with van der Waals surface area (Å²) in [6.07, 6.45) is -1.04. The molecule has 0 spiro atoms. The summed E-state index contributed by atoms with van der Waals surface area (Å²) in [7, 11) is -0.882. The lowest BCUT2D eigenvalue weighted by Crippen LogP contribution is -2.37. The van der Waals surface area contributed by atoms with Crippen LogP contribution < -0.4 is 4.74 Å². The van der Waals surface area contributed by atoms with Crippen LogP contribution in [0.4, 0.5) is 0 Å². The number of ether oxygens (including phenoxy) is 2. The molecule has 9 heteroatoms. The summed E-state index contributed by atoms with van der Waals surface area (Å²) in [6.45, 7) is 5.86. The number of hydrogen-bond acceptors (Lipinski definition) is 6. The van der Waals surface area contributed by atoms with E-state index < -0.39 is 22.1 Å². The van der Waals surface area contributed by atoms with Gasteiger partial charge >= 0.3 is 5.97 Å². The number of hydrogen-bond donors (Lipinski definition) is 0. The van der Waals surface area contributed by atoms with Crippen molar-refractivity contribution < 1.29 is 27.5 Å². The molecule has 174 valence electrons. The van der Waals surface area contributed by atoms with Crippen molar-refractivity contribution in [3.63, 3.8) is 0 Å². The van der Waals surface area contributed by atoms with Crippen molar-refractivity contribution in [2.24, 2.45) is 0 Å². The molecule has 0 bridgehead atoms. The molecule has 8 nitrogen and oxygen atoms in total. The molecule has 0 aromatic heterocycles. The summed E-state index contributed by atoms with van der Waals surface area (Å²) in [4.78, 5) is 26.7. The van der Waals surface area contributed by atoms with Gasteiger partial charge in [-0.2, -0.15) is 4.31 Å². The van der Waals surface area contributed by atoms with E-state index in [2.05, 4.69) is 0 Å². The summed E-state index contributed by atoms with van der Waals surface area (Å²) in [5.74, 6) is -1.04. The highest BCUT2D eigenvalue weighted by atomic mass is 32.2. The Morgan fingerprint density at radius 3 is 2.22 bits per heavy atom. The van der Waals surface area contributed by atoms with E-state index in [1.54, 1.807) is 20.9 Å². The highest BCUT2D eigenvalue weighted by molar-refractivity contribution is 7.89. The number of esters is 1. The summed E-state index contributed by atoms with van der Waals surface area (Å²) in [6, 6.07) is 13.5. The van der Waals surface area contributed by atoms with Crippen molar-refractivity contribution in [3.05, 3.63) is 59.7 Å². The summed E-state index contributed by atoms with van der Waals surface area (Å²) in [5.41, 5.74) is 0.963. The molecule has 0 saturated heterocycles. The largest absolute Gasteiger partial charge is 0.495 e. The van der Waals surface area contributed by atoms with Gasteiger partial charge in [-0.15, -0.1) is 0 Å². The second kappa shape index (κ2) is 11.1. The van der Waals surface area contributed by atoms with Crippen molar-refractivity contribution in [1.82, 2.24) is 9.21 Å². The predicted octanol–water partition coefficient (Wildman–Crippen LogP) is 2.93. The second-order valence-corrected chi connectivity index (χ2v) is 9.09. The first-order valence-electron chi connectivity index (χ1n) is 10.3. The van der Waals surface area contributed by atoms with E-state index in [9.17, 15) is 18.0 Å². The first-order valence-corrected chi connectivity index (χ1v) is 11.8. The van der Waals surface area contributed by atoms with Crippen LogP contribution in [0.3, 0.4) is 0 Å². The van der Waals surface area contributed by atoms with Crippen LogP contribution in [-0.2, 0) is 26.1 Å². The van der Waals surface area contributed by atoms with E-state index in [1.807, 2.05) is 30.3 Å². The lowest BCUT2D eigenvalue weighted by Gasteiger charge is -2.22. The van der Waals surface area contributed by atoms with Crippen molar-refractivity contribution in [2.45, 2.75) is 38.3 Å². The number of likely N-dealkylation sites (N-methyl/N-ethyl adjacent to an activating group) is 1. The minimum absolute atomic E-state index is 0.0156. The van der Waals surface area contributed by atoms with Gasteiger partial charge in [-0.05, 0) is 30.7 Å². The number of nitrogens with zero attached hydrogens (tertiary/aromatic N) is 2. The Labute approximate surface area is 189 Å². The molecule has 1 amide bonds. The normalized spacial score (nSPS) is 12.3. The Balaban J connectivity index is 2.19. The fourth-order valence-corrected chi connectivity index (χ4v) is 4.87. The van der Waals surface area contributed by atoms with Crippen molar-refractivity contribution in [1.29, 1.82) is 0 Å². The van der Waals surface area contributed by atoms with Crippen LogP contribution >= 0.6 is 0 Å². The minimum Gasteiger partial charge on any atom is -0.495 e. The van der Waals surface area contributed by atoms with Gasteiger partial charge in [-0.25, -0.2) is 13.2 Å². The second-order valence-electron chi connectivity index (χ2n) is 7.18. The molecule has 0 fully saturated rings. The van der Waals surface area contributed by atoms with Crippen LogP contribution in [0.1, 0.15) is 36.7 Å². The summed E-state index contributed by atoms with van der Waals surface area (Å²) < 4.78 is 37.7. The Hall–Kier alpha value is -2.91. The van der Waals surface area contributed by atoms with Crippen LogP contribution in [-0.4, -0.2) is 62.9 Å². The standard InChI is InChI=1S/C23H30N2O6S/c1-6-25(7-2)32(28,29)21-15-19(13-14-20(21)30-5)23(27)31-17(3)22(26)24(4)16-18-11-9-8-10-12-18/h8-15,17H,6-7,16H2,1-5H3. The maximum absolute atomic E-state index is 13.0. The molecule has 0 heterocycles. The third-order valence-corrected chi connectivity index (χ3v) is 7.06. The van der Waals surface area contributed by atoms with Crippen molar-refractivity contribution >= 4 is 21.9 Å². The molecular weight excluding hydrogens is 432 g/mol. The summed E-state index contributed by atoms with van der Waals surface area (Å²) >= 11 is 0. The van der Waals surface area contributed by atoms with Crippen LogP contribution in [0.25, 0.3) is 0 Å². The van der Waals surface area contributed by atoms with E-state index in [-0.39, 0.29) is 35.2 Å². The van der Waals surface area contributed by atoms with Gasteiger partial charge in [0.25, 0.3) is 5.91 Å². The van der Waals surface area contributed by atoms with Gasteiger partial charge < -0.3 is 14.4 Å². The smallest absolute Gasteiger partial charge is 0.338 e. The van der Waals surface area contributed by atoms with Gasteiger partial charge in [-0.1, -0.05) is 44.2 Å². The highest BCUT2D eigenvalue weighted by Crippen LogP contribution is 2.28. The first kappa shape index (κ1) is 25.4. The fraction of sp³-hybridized carbons (Fsp3) is 0.391. The van der Waals surface area contributed by atoms with Crippen molar-refractivity contribution in [2.75, 3.05) is 27.2 Å². The Kier molecular flexibility index (Phi) is 8.80. The number of sulfonamides is 1. The predicted molar refractivity (Wildman–Crippen MR) is 121 cm³/mol. The number of carbonyl (C=O) groups is 2. The molecule has 0 radical (unpaired) electrons. The monoisotopic (exact) mass is 462 g/mol. The van der Waals surface area contributed by atoms with Crippen LogP contribution in [0.5, 0.6) is 5.75 Å². The number of carbonyl (C=O) groups excluding carboxylic acids is 2. The van der Waals surface area contributed by atoms with Crippen molar-refractivity contribution in [3.8, 4) is 5.75 Å². The quantitative estimate of drug-likeness (QED) is 0.504. The SMILES string of the molecule is CCN(CC)S(=O)(=O)c1cc(C(=O)OC(C)C(=O)N(C)Cc2ccccc2)ccc1OC. The molecule has 0 aliphatic carbocycles. The molecule has 0 aliphatic rings. The topological polar surface area (TPSA) is 93.2 Å². The third kappa shape index (κ3) is 5.86. The Bertz CT molecular complexity index is 1040. The van der Waals surface area contributed by atoms with E-state index in [0.29, 0.717) is 6.54 Å². The van der Waals surface area contributed by atoms with Crippen LogP contribution in [0.15, 0.2) is 53.4 Å². The van der Waals surface area contributed by atoms with E-state index >= 15 is 0 Å². The molecule has 0 saturated carbocycles. The molecule has 32 heavy (non-hydrogen) atoms. The minimum atomic E-state index is -3.87. The zero-order valence-electron chi connectivity index (χ0n) is 19.1. The molecule has 1 atom stereocenters. The average molecular weight is 463 g/mol. The lowest BCUT2D eigenvalue weighted by atomic mass is 10.2. The van der Waals surface area contributed by atoms with Crippen LogP contribution in [0.2, 0.25) is 0 Å². The fourth-order valence-electron chi connectivity index (χ4n) is 3.23. The average Bonchev–Trinajstić information content (AvgIpc) is 2.79. The summed E-state index contributed by atoms with van der Waals surface area (Å²) in [5, 5.41) is 0. The van der Waals surface area contributed by atoms with Gasteiger partial charge in [0, 0.05) is 26.7 Å². The van der Waals surface area contributed by atoms with Gasteiger partial charge in [0.1, 0.15) is 10.6 Å². The molecule has 2 aromatic rings. The maximum Gasteiger partial charge on any atom is 0.338 e. The molecule has 0 aliphatic heterocycles. The zero-order chi connectivity index (χ0) is 23.9. The van der Waals surface area contributed by atoms with E-state index in [0.717, 1.165) is 5.56 Å². The van der Waals surface area contributed by atoms with E-state index in [1.165, 1.54) is 41.4 Å². The van der Waals surface area contributed by atoms with Gasteiger partial charge in [0.15, 0.2) is 6.10 Å². The van der Waals surface area contributed by atoms with Gasteiger partial charge in [-0.3, -0.25) is 4.79 Å². The Morgan fingerprint density at radius 2 is 1.66 bits per heavy atom. The van der Waals surface area contributed by atoms with Gasteiger partial charge in [0.2, 0.25) is 10.0 Å².